The Bertz CT molecular complexity index is 575. The predicted octanol–water partition coefficient (Wildman–Crippen LogP) is 2.41. The first-order valence-corrected chi connectivity index (χ1v) is 6.58. The average molecular weight is 274 g/mol. The molecule has 20 heavy (non-hydrogen) atoms. The molecule has 0 aliphatic rings. The quantitative estimate of drug-likeness (QED) is 0.877. The van der Waals surface area contributed by atoms with E-state index in [1.54, 1.807) is 12.1 Å². The molecule has 0 unspecified atom stereocenters. The highest BCUT2D eigenvalue weighted by Gasteiger charge is 2.12. The van der Waals surface area contributed by atoms with Crippen LogP contribution in [-0.2, 0) is 6.42 Å². The van der Waals surface area contributed by atoms with Crippen molar-refractivity contribution in [1.82, 2.24) is 15.2 Å². The number of hydrogen-bond donors (Lipinski definition) is 2. The molecule has 0 bridgehead atoms. The van der Waals surface area contributed by atoms with Gasteiger partial charge in [0.15, 0.2) is 0 Å². The largest absolute Gasteiger partial charge is 0.491 e. The second-order valence-corrected chi connectivity index (χ2v) is 4.60. The van der Waals surface area contributed by atoms with Crippen molar-refractivity contribution in [3.63, 3.8) is 0 Å². The van der Waals surface area contributed by atoms with Crippen molar-refractivity contribution in [3.8, 4) is 5.75 Å². The zero-order chi connectivity index (χ0) is 14.5. The fourth-order valence-corrected chi connectivity index (χ4v) is 1.63. The van der Waals surface area contributed by atoms with Crippen molar-refractivity contribution in [3.05, 3.63) is 35.9 Å². The van der Waals surface area contributed by atoms with Gasteiger partial charge in [-0.05, 0) is 38.1 Å². The van der Waals surface area contributed by atoms with Gasteiger partial charge in [0, 0.05) is 12.1 Å². The molecule has 1 heterocycles. The lowest BCUT2D eigenvalue weighted by molar-refractivity contribution is 0.101. The van der Waals surface area contributed by atoms with Crippen LogP contribution >= 0.6 is 0 Å². The maximum absolute atomic E-state index is 11.9. The van der Waals surface area contributed by atoms with E-state index in [0.29, 0.717) is 17.9 Å². The van der Waals surface area contributed by atoms with Crippen LogP contribution in [0.3, 0.4) is 0 Å². The Morgan fingerprint density at radius 1 is 1.35 bits per heavy atom. The monoisotopic (exact) mass is 274 g/mol. The van der Waals surface area contributed by atoms with Gasteiger partial charge in [-0.2, -0.15) is 0 Å². The number of H-pyrrole nitrogens is 1. The van der Waals surface area contributed by atoms with Crippen LogP contribution in [0.4, 0.5) is 5.69 Å². The molecule has 6 nitrogen and oxygen atoms in total. The van der Waals surface area contributed by atoms with Gasteiger partial charge in [-0.1, -0.05) is 6.92 Å². The minimum Gasteiger partial charge on any atom is -0.491 e. The summed E-state index contributed by atoms with van der Waals surface area (Å²) < 4.78 is 5.53. The molecule has 1 aromatic heterocycles. The number of nitrogens with one attached hydrogen (secondary N) is 2. The molecule has 106 valence electrons. The average Bonchev–Trinajstić information content (AvgIpc) is 2.89. The summed E-state index contributed by atoms with van der Waals surface area (Å²) in [5, 5.41) is 9.31. The number of carbonyl (C=O) groups excluding carboxylic acids is 1. The number of rotatable bonds is 5. The van der Waals surface area contributed by atoms with E-state index in [4.69, 9.17) is 4.74 Å². The number of carbonyl (C=O) groups is 1. The maximum Gasteiger partial charge on any atom is 0.295 e. The third-order valence-corrected chi connectivity index (χ3v) is 2.55. The summed E-state index contributed by atoms with van der Waals surface area (Å²) >= 11 is 0. The van der Waals surface area contributed by atoms with Crippen LogP contribution < -0.4 is 10.1 Å². The molecule has 2 N–H and O–H groups in total. The van der Waals surface area contributed by atoms with Crippen LogP contribution in [0.15, 0.2) is 24.3 Å². The van der Waals surface area contributed by atoms with Crippen LogP contribution in [0.1, 0.15) is 37.2 Å². The summed E-state index contributed by atoms with van der Waals surface area (Å²) in [5.41, 5.74) is 0.675. The fourth-order valence-electron chi connectivity index (χ4n) is 1.63. The summed E-state index contributed by atoms with van der Waals surface area (Å²) in [6.07, 6.45) is 0.831. The number of nitrogens with zero attached hydrogens (tertiary/aromatic N) is 2. The van der Waals surface area contributed by atoms with Gasteiger partial charge in [0.1, 0.15) is 11.6 Å². The van der Waals surface area contributed by atoms with Crippen LogP contribution in [0.2, 0.25) is 0 Å². The van der Waals surface area contributed by atoms with E-state index in [1.807, 2.05) is 32.9 Å². The molecule has 6 heteroatoms. The molecule has 1 amide bonds. The Morgan fingerprint density at radius 2 is 2.05 bits per heavy atom. The van der Waals surface area contributed by atoms with Gasteiger partial charge < -0.3 is 10.1 Å². The van der Waals surface area contributed by atoms with E-state index in [-0.39, 0.29) is 17.8 Å². The maximum atomic E-state index is 11.9. The van der Waals surface area contributed by atoms with Crippen LogP contribution in [0, 0.1) is 0 Å². The van der Waals surface area contributed by atoms with Crippen molar-refractivity contribution >= 4 is 11.6 Å². The number of aromatic amines is 1. The molecule has 0 aliphatic heterocycles. The standard InChI is InChI=1S/C14H18N4O2/c1-4-12-16-13(18-17-12)14(19)15-10-5-7-11(8-6-10)20-9(2)3/h5-9H,4H2,1-3H3,(H,15,19)(H,16,17,18). The number of hydrogen-bond acceptors (Lipinski definition) is 4. The number of amides is 1. The minimum atomic E-state index is -0.335. The highest BCUT2D eigenvalue weighted by Crippen LogP contribution is 2.17. The lowest BCUT2D eigenvalue weighted by Gasteiger charge is -2.10. The summed E-state index contributed by atoms with van der Waals surface area (Å²) in [6.45, 7) is 5.87. The topological polar surface area (TPSA) is 79.9 Å². The third kappa shape index (κ3) is 3.57. The zero-order valence-corrected chi connectivity index (χ0v) is 11.8. The molecule has 0 spiro atoms. The Morgan fingerprint density at radius 3 is 2.60 bits per heavy atom. The smallest absolute Gasteiger partial charge is 0.295 e. The lowest BCUT2D eigenvalue weighted by Crippen LogP contribution is -2.14. The highest BCUT2D eigenvalue weighted by atomic mass is 16.5. The molecule has 0 aliphatic carbocycles. The summed E-state index contributed by atoms with van der Waals surface area (Å²) in [6, 6.07) is 7.18. The number of aromatic nitrogens is 3. The molecular formula is C14H18N4O2. The Balaban J connectivity index is 2.00. The molecule has 0 saturated heterocycles. The molecule has 0 saturated carbocycles. The normalized spacial score (nSPS) is 10.6. The van der Waals surface area contributed by atoms with E-state index < -0.39 is 0 Å². The number of aryl methyl sites for hydroxylation is 1. The SMILES string of the molecule is CCc1nc(C(=O)Nc2ccc(OC(C)C)cc2)n[nH]1. The van der Waals surface area contributed by atoms with Gasteiger partial charge in [0.25, 0.3) is 5.91 Å². The lowest BCUT2D eigenvalue weighted by atomic mass is 10.3. The van der Waals surface area contributed by atoms with Gasteiger partial charge in [-0.3, -0.25) is 9.89 Å². The highest BCUT2D eigenvalue weighted by molar-refractivity contribution is 6.01. The Hall–Kier alpha value is -2.37. The summed E-state index contributed by atoms with van der Waals surface area (Å²) in [4.78, 5) is 16.0. The first-order valence-electron chi connectivity index (χ1n) is 6.58. The van der Waals surface area contributed by atoms with Gasteiger partial charge in [0.05, 0.1) is 6.10 Å². The zero-order valence-electron chi connectivity index (χ0n) is 11.8. The summed E-state index contributed by atoms with van der Waals surface area (Å²) in [5.74, 6) is 1.27. The van der Waals surface area contributed by atoms with Crippen LogP contribution in [-0.4, -0.2) is 27.2 Å². The first-order chi connectivity index (χ1) is 9.58. The van der Waals surface area contributed by atoms with E-state index in [1.165, 1.54) is 0 Å². The molecule has 0 fully saturated rings. The second-order valence-electron chi connectivity index (χ2n) is 4.60. The van der Waals surface area contributed by atoms with Crippen LogP contribution in [0.5, 0.6) is 5.75 Å². The molecule has 0 atom stereocenters. The van der Waals surface area contributed by atoms with Crippen molar-refractivity contribution in [2.75, 3.05) is 5.32 Å². The first kappa shape index (κ1) is 14.0. The number of anilines is 1. The molecule has 2 aromatic rings. The predicted molar refractivity (Wildman–Crippen MR) is 75.9 cm³/mol. The van der Waals surface area contributed by atoms with E-state index in [2.05, 4.69) is 20.5 Å². The van der Waals surface area contributed by atoms with Crippen molar-refractivity contribution < 1.29 is 9.53 Å². The number of benzene rings is 1. The summed E-state index contributed by atoms with van der Waals surface area (Å²) in [7, 11) is 0. The van der Waals surface area contributed by atoms with Crippen molar-refractivity contribution in [2.24, 2.45) is 0 Å². The van der Waals surface area contributed by atoms with E-state index in [9.17, 15) is 4.79 Å². The molecule has 0 radical (unpaired) electrons. The second kappa shape index (κ2) is 6.18. The van der Waals surface area contributed by atoms with Crippen molar-refractivity contribution in [1.29, 1.82) is 0 Å². The van der Waals surface area contributed by atoms with Gasteiger partial charge in [-0.25, -0.2) is 4.98 Å². The van der Waals surface area contributed by atoms with Gasteiger partial charge in [0.2, 0.25) is 5.82 Å². The molecule has 2 rings (SSSR count). The molecular weight excluding hydrogens is 256 g/mol. The minimum absolute atomic E-state index is 0.121. The fraction of sp³-hybridized carbons (Fsp3) is 0.357. The van der Waals surface area contributed by atoms with Gasteiger partial charge >= 0.3 is 0 Å². The molecule has 1 aromatic carbocycles. The Kier molecular flexibility index (Phi) is 4.34. The van der Waals surface area contributed by atoms with Gasteiger partial charge in [-0.15, -0.1) is 5.10 Å². The van der Waals surface area contributed by atoms with Crippen molar-refractivity contribution in [2.45, 2.75) is 33.3 Å². The number of ether oxygens (including phenoxy) is 1. The third-order valence-electron chi connectivity index (χ3n) is 2.55. The van der Waals surface area contributed by atoms with Crippen LogP contribution in [0.25, 0.3) is 0 Å². The van der Waals surface area contributed by atoms with E-state index >= 15 is 0 Å². The van der Waals surface area contributed by atoms with E-state index in [0.717, 1.165) is 5.75 Å². The Labute approximate surface area is 117 Å².